The standard InChI is InChI=1S/C8H12N2O2/c1-6-7(3-9-5-10-6)8(11)4-12-2/h3,5,8,11H,4H2,1-2H3. The van der Waals surface area contributed by atoms with Gasteiger partial charge >= 0.3 is 0 Å². The highest BCUT2D eigenvalue weighted by molar-refractivity contribution is 5.16. The minimum atomic E-state index is -0.629. The highest BCUT2D eigenvalue weighted by atomic mass is 16.5. The summed E-state index contributed by atoms with van der Waals surface area (Å²) in [6.07, 6.45) is 2.43. The van der Waals surface area contributed by atoms with E-state index in [9.17, 15) is 5.11 Å². The monoisotopic (exact) mass is 168 g/mol. The Bertz CT molecular complexity index is 253. The summed E-state index contributed by atoms with van der Waals surface area (Å²) in [5, 5.41) is 9.50. The Morgan fingerprint density at radius 2 is 2.42 bits per heavy atom. The van der Waals surface area contributed by atoms with Gasteiger partial charge in [-0.1, -0.05) is 0 Å². The van der Waals surface area contributed by atoms with E-state index >= 15 is 0 Å². The third-order valence-electron chi connectivity index (χ3n) is 1.63. The van der Waals surface area contributed by atoms with Crippen molar-refractivity contribution in [2.75, 3.05) is 13.7 Å². The van der Waals surface area contributed by atoms with Crippen LogP contribution in [0.25, 0.3) is 0 Å². The van der Waals surface area contributed by atoms with Gasteiger partial charge in [0.1, 0.15) is 12.4 Å². The molecule has 0 aliphatic rings. The summed E-state index contributed by atoms with van der Waals surface area (Å²) in [5.74, 6) is 0. The van der Waals surface area contributed by atoms with Crippen molar-refractivity contribution in [3.63, 3.8) is 0 Å². The zero-order valence-electron chi connectivity index (χ0n) is 7.19. The minimum absolute atomic E-state index is 0.272. The van der Waals surface area contributed by atoms with Gasteiger partial charge in [-0.3, -0.25) is 0 Å². The van der Waals surface area contributed by atoms with E-state index in [0.29, 0.717) is 0 Å². The van der Waals surface area contributed by atoms with Gasteiger partial charge in [0.25, 0.3) is 0 Å². The maximum absolute atomic E-state index is 9.50. The second kappa shape index (κ2) is 4.13. The van der Waals surface area contributed by atoms with Crippen molar-refractivity contribution in [2.24, 2.45) is 0 Å². The van der Waals surface area contributed by atoms with Crippen LogP contribution in [-0.2, 0) is 4.74 Å². The summed E-state index contributed by atoms with van der Waals surface area (Å²) >= 11 is 0. The van der Waals surface area contributed by atoms with Gasteiger partial charge in [0.15, 0.2) is 0 Å². The van der Waals surface area contributed by atoms with Gasteiger partial charge < -0.3 is 9.84 Å². The normalized spacial score (nSPS) is 12.9. The molecule has 0 aromatic carbocycles. The molecule has 1 aromatic rings. The number of hydrogen-bond donors (Lipinski definition) is 1. The van der Waals surface area contributed by atoms with E-state index in [1.165, 1.54) is 6.33 Å². The smallest absolute Gasteiger partial charge is 0.115 e. The number of aliphatic hydroxyl groups is 1. The van der Waals surface area contributed by atoms with Gasteiger partial charge in [-0.2, -0.15) is 0 Å². The van der Waals surface area contributed by atoms with Crippen LogP contribution in [0.3, 0.4) is 0 Å². The van der Waals surface area contributed by atoms with Crippen LogP contribution in [-0.4, -0.2) is 28.8 Å². The average molecular weight is 168 g/mol. The lowest BCUT2D eigenvalue weighted by Gasteiger charge is -2.10. The van der Waals surface area contributed by atoms with Gasteiger partial charge in [-0.05, 0) is 6.92 Å². The fourth-order valence-corrected chi connectivity index (χ4v) is 0.976. The zero-order valence-corrected chi connectivity index (χ0v) is 7.19. The van der Waals surface area contributed by atoms with Crippen molar-refractivity contribution in [3.05, 3.63) is 23.8 Å². The SMILES string of the molecule is COCC(O)c1cncnc1C. The molecule has 0 radical (unpaired) electrons. The molecule has 0 spiro atoms. The Kier molecular flexibility index (Phi) is 3.13. The molecule has 1 rings (SSSR count). The summed E-state index contributed by atoms with van der Waals surface area (Å²) in [6.45, 7) is 2.10. The quantitative estimate of drug-likeness (QED) is 0.712. The van der Waals surface area contributed by atoms with Crippen LogP contribution >= 0.6 is 0 Å². The maximum atomic E-state index is 9.50. The number of aliphatic hydroxyl groups excluding tert-OH is 1. The van der Waals surface area contributed by atoms with E-state index in [2.05, 4.69) is 9.97 Å². The molecule has 4 heteroatoms. The lowest BCUT2D eigenvalue weighted by atomic mass is 10.1. The molecule has 1 atom stereocenters. The molecular weight excluding hydrogens is 156 g/mol. The molecule has 1 unspecified atom stereocenters. The molecule has 0 bridgehead atoms. The molecule has 1 heterocycles. The van der Waals surface area contributed by atoms with Crippen LogP contribution in [0, 0.1) is 6.92 Å². The van der Waals surface area contributed by atoms with Gasteiger partial charge in [0, 0.05) is 24.6 Å². The molecule has 0 aliphatic heterocycles. The number of nitrogens with zero attached hydrogens (tertiary/aromatic N) is 2. The van der Waals surface area contributed by atoms with Crippen LogP contribution in [0.15, 0.2) is 12.5 Å². The van der Waals surface area contributed by atoms with E-state index in [-0.39, 0.29) is 6.61 Å². The van der Waals surface area contributed by atoms with Crippen LogP contribution in [0.1, 0.15) is 17.4 Å². The van der Waals surface area contributed by atoms with Crippen molar-refractivity contribution in [3.8, 4) is 0 Å². The Labute approximate surface area is 71.2 Å². The lowest BCUT2D eigenvalue weighted by Crippen LogP contribution is -2.08. The first kappa shape index (κ1) is 9.09. The summed E-state index contributed by atoms with van der Waals surface area (Å²) in [5.41, 5.74) is 1.51. The molecule has 0 aliphatic carbocycles. The van der Waals surface area contributed by atoms with E-state index in [1.54, 1.807) is 13.3 Å². The first-order chi connectivity index (χ1) is 5.75. The molecular formula is C8H12N2O2. The summed E-state index contributed by atoms with van der Waals surface area (Å²) in [7, 11) is 1.54. The Balaban J connectivity index is 2.79. The second-order valence-electron chi connectivity index (χ2n) is 2.53. The van der Waals surface area contributed by atoms with E-state index in [4.69, 9.17) is 4.74 Å². The summed E-state index contributed by atoms with van der Waals surface area (Å²) in [4.78, 5) is 7.78. The number of ether oxygens (including phenoxy) is 1. The van der Waals surface area contributed by atoms with Crippen LogP contribution in [0.5, 0.6) is 0 Å². The molecule has 0 saturated heterocycles. The van der Waals surface area contributed by atoms with Gasteiger partial charge in [-0.25, -0.2) is 9.97 Å². The first-order valence-electron chi connectivity index (χ1n) is 3.69. The maximum Gasteiger partial charge on any atom is 0.115 e. The second-order valence-corrected chi connectivity index (χ2v) is 2.53. The summed E-state index contributed by atoms with van der Waals surface area (Å²) in [6, 6.07) is 0. The van der Waals surface area contributed by atoms with Crippen molar-refractivity contribution < 1.29 is 9.84 Å². The largest absolute Gasteiger partial charge is 0.386 e. The van der Waals surface area contributed by atoms with E-state index in [0.717, 1.165) is 11.3 Å². The van der Waals surface area contributed by atoms with Crippen molar-refractivity contribution in [2.45, 2.75) is 13.0 Å². The van der Waals surface area contributed by atoms with E-state index < -0.39 is 6.10 Å². The molecule has 4 nitrogen and oxygen atoms in total. The van der Waals surface area contributed by atoms with Gasteiger partial charge in [0.2, 0.25) is 0 Å². The average Bonchev–Trinajstić information content (AvgIpc) is 2.05. The fourth-order valence-electron chi connectivity index (χ4n) is 0.976. The van der Waals surface area contributed by atoms with Crippen LogP contribution in [0.2, 0.25) is 0 Å². The van der Waals surface area contributed by atoms with Crippen molar-refractivity contribution >= 4 is 0 Å². The number of hydrogen-bond acceptors (Lipinski definition) is 4. The van der Waals surface area contributed by atoms with E-state index in [1.807, 2.05) is 6.92 Å². The third kappa shape index (κ3) is 1.99. The Morgan fingerprint density at radius 3 is 3.00 bits per heavy atom. The molecule has 1 aromatic heterocycles. The number of rotatable bonds is 3. The number of aromatic nitrogens is 2. The lowest BCUT2D eigenvalue weighted by molar-refractivity contribution is 0.0635. The first-order valence-corrected chi connectivity index (χ1v) is 3.69. The molecule has 0 saturated carbocycles. The molecule has 1 N–H and O–H groups in total. The fraction of sp³-hybridized carbons (Fsp3) is 0.500. The molecule has 12 heavy (non-hydrogen) atoms. The topological polar surface area (TPSA) is 55.2 Å². The van der Waals surface area contributed by atoms with Crippen LogP contribution in [0.4, 0.5) is 0 Å². The Hall–Kier alpha value is -1.00. The predicted octanol–water partition coefficient (Wildman–Crippen LogP) is 0.465. The van der Waals surface area contributed by atoms with Crippen LogP contribution < -0.4 is 0 Å². The highest BCUT2D eigenvalue weighted by Crippen LogP contribution is 2.13. The van der Waals surface area contributed by atoms with Crippen molar-refractivity contribution in [1.29, 1.82) is 0 Å². The third-order valence-corrected chi connectivity index (χ3v) is 1.63. The Morgan fingerprint density at radius 1 is 1.67 bits per heavy atom. The number of aryl methyl sites for hydroxylation is 1. The number of methoxy groups -OCH3 is 1. The molecule has 0 amide bonds. The van der Waals surface area contributed by atoms with Crippen molar-refractivity contribution in [1.82, 2.24) is 9.97 Å². The van der Waals surface area contributed by atoms with Gasteiger partial charge in [-0.15, -0.1) is 0 Å². The minimum Gasteiger partial charge on any atom is -0.386 e. The van der Waals surface area contributed by atoms with Gasteiger partial charge in [0.05, 0.1) is 6.61 Å². The zero-order chi connectivity index (χ0) is 8.97. The summed E-state index contributed by atoms with van der Waals surface area (Å²) < 4.78 is 4.81. The predicted molar refractivity (Wildman–Crippen MR) is 43.6 cm³/mol. The molecule has 66 valence electrons. The molecule has 0 fully saturated rings. The highest BCUT2D eigenvalue weighted by Gasteiger charge is 2.09.